The lowest BCUT2D eigenvalue weighted by Crippen LogP contribution is -2.24. The van der Waals surface area contributed by atoms with Crippen LogP contribution in [0.25, 0.3) is 0 Å². The largest absolute Gasteiger partial charge is 0.478 e. The monoisotopic (exact) mass is 424 g/mol. The van der Waals surface area contributed by atoms with Crippen LogP contribution in [-0.2, 0) is 16.6 Å². The van der Waals surface area contributed by atoms with Crippen LogP contribution in [0.5, 0.6) is 0 Å². The Bertz CT molecular complexity index is 1130. The van der Waals surface area contributed by atoms with E-state index in [1.165, 1.54) is 24.3 Å². The quantitative estimate of drug-likeness (QED) is 0.555. The molecule has 0 spiro atoms. The molecule has 0 amide bonds. The molecule has 0 radical (unpaired) electrons. The highest BCUT2D eigenvalue weighted by Gasteiger charge is 2.20. The highest BCUT2D eigenvalue weighted by Crippen LogP contribution is 2.31. The number of nitrogens with zero attached hydrogens (tertiary/aromatic N) is 1. The van der Waals surface area contributed by atoms with Gasteiger partial charge in [-0.05, 0) is 49.7 Å². The van der Waals surface area contributed by atoms with Gasteiger partial charge in [-0.25, -0.2) is 13.2 Å². The second-order valence-corrected chi connectivity index (χ2v) is 8.64. The summed E-state index contributed by atoms with van der Waals surface area (Å²) in [5.41, 5.74) is 2.86. The average Bonchev–Trinajstić information content (AvgIpc) is 2.73. The van der Waals surface area contributed by atoms with E-state index >= 15 is 0 Å². The van der Waals surface area contributed by atoms with Crippen molar-refractivity contribution < 1.29 is 18.3 Å². The summed E-state index contributed by atoms with van der Waals surface area (Å²) in [7, 11) is -3.88. The zero-order valence-corrected chi connectivity index (χ0v) is 17.7. The first kappa shape index (κ1) is 21.4. The second kappa shape index (κ2) is 9.00. The summed E-state index contributed by atoms with van der Waals surface area (Å²) in [6.07, 6.45) is 0. The van der Waals surface area contributed by atoms with Crippen LogP contribution in [0.3, 0.4) is 0 Å². The zero-order valence-electron chi connectivity index (χ0n) is 16.9. The van der Waals surface area contributed by atoms with Crippen molar-refractivity contribution in [1.82, 2.24) is 0 Å². The first-order chi connectivity index (χ1) is 14.3. The Morgan fingerprint density at radius 3 is 2.27 bits per heavy atom. The van der Waals surface area contributed by atoms with Crippen LogP contribution in [0.1, 0.15) is 28.4 Å². The SMILES string of the molecule is CCN(Cc1ccccc1)c1ccc(C(=O)O)cc1NS(=O)(=O)c1ccc(C)cc1. The lowest BCUT2D eigenvalue weighted by atomic mass is 10.1. The molecule has 0 aliphatic heterocycles. The van der Waals surface area contributed by atoms with Gasteiger partial charge in [0.25, 0.3) is 10.0 Å². The molecule has 0 saturated carbocycles. The molecule has 0 aromatic heterocycles. The van der Waals surface area contributed by atoms with Gasteiger partial charge in [0, 0.05) is 13.1 Å². The van der Waals surface area contributed by atoms with Crippen molar-refractivity contribution in [1.29, 1.82) is 0 Å². The Hall–Kier alpha value is -3.32. The number of anilines is 2. The van der Waals surface area contributed by atoms with Gasteiger partial charge in [0.1, 0.15) is 0 Å². The first-order valence-electron chi connectivity index (χ1n) is 9.56. The number of rotatable bonds is 8. The predicted molar refractivity (Wildman–Crippen MR) is 119 cm³/mol. The number of nitrogens with one attached hydrogen (secondary N) is 1. The van der Waals surface area contributed by atoms with Crippen molar-refractivity contribution in [3.63, 3.8) is 0 Å². The molecule has 156 valence electrons. The molecule has 3 rings (SSSR count). The van der Waals surface area contributed by atoms with E-state index < -0.39 is 16.0 Å². The first-order valence-corrected chi connectivity index (χ1v) is 11.0. The van der Waals surface area contributed by atoms with E-state index in [-0.39, 0.29) is 16.1 Å². The number of benzene rings is 3. The summed E-state index contributed by atoms with van der Waals surface area (Å²) < 4.78 is 28.5. The van der Waals surface area contributed by atoms with Gasteiger partial charge >= 0.3 is 5.97 Å². The molecular formula is C23H24N2O4S. The Morgan fingerprint density at radius 2 is 1.67 bits per heavy atom. The van der Waals surface area contributed by atoms with E-state index in [1.54, 1.807) is 18.2 Å². The second-order valence-electron chi connectivity index (χ2n) is 6.96. The van der Waals surface area contributed by atoms with Crippen molar-refractivity contribution in [2.75, 3.05) is 16.2 Å². The zero-order chi connectivity index (χ0) is 21.7. The number of carboxylic acid groups (broad SMARTS) is 1. The minimum Gasteiger partial charge on any atom is -0.478 e. The van der Waals surface area contributed by atoms with Crippen LogP contribution in [0, 0.1) is 6.92 Å². The van der Waals surface area contributed by atoms with E-state index in [9.17, 15) is 18.3 Å². The highest BCUT2D eigenvalue weighted by atomic mass is 32.2. The molecule has 7 heteroatoms. The topological polar surface area (TPSA) is 86.7 Å². The van der Waals surface area contributed by atoms with Crippen molar-refractivity contribution in [2.45, 2.75) is 25.3 Å². The molecule has 3 aromatic carbocycles. The molecule has 6 nitrogen and oxygen atoms in total. The molecule has 0 aliphatic rings. The number of carboxylic acids is 1. The fourth-order valence-corrected chi connectivity index (χ4v) is 4.18. The standard InChI is InChI=1S/C23H24N2O4S/c1-3-25(16-18-7-5-4-6-8-18)22-14-11-19(23(26)27)15-21(22)24-30(28,29)20-12-9-17(2)10-13-20/h4-15,24H,3,16H2,1-2H3,(H,26,27). The number of hydrogen-bond donors (Lipinski definition) is 2. The molecule has 0 saturated heterocycles. The minimum absolute atomic E-state index is 0.0103. The number of sulfonamides is 1. The van der Waals surface area contributed by atoms with Gasteiger partial charge in [0.15, 0.2) is 0 Å². The number of aromatic carboxylic acids is 1. The van der Waals surface area contributed by atoms with Crippen LogP contribution in [-0.4, -0.2) is 26.0 Å². The van der Waals surface area contributed by atoms with Crippen LogP contribution >= 0.6 is 0 Å². The van der Waals surface area contributed by atoms with Gasteiger partial charge in [-0.3, -0.25) is 4.72 Å². The summed E-state index contributed by atoms with van der Waals surface area (Å²) >= 11 is 0. The molecule has 30 heavy (non-hydrogen) atoms. The molecule has 2 N–H and O–H groups in total. The van der Waals surface area contributed by atoms with E-state index in [2.05, 4.69) is 4.72 Å². The third kappa shape index (κ3) is 4.99. The van der Waals surface area contributed by atoms with Crippen molar-refractivity contribution in [3.05, 3.63) is 89.5 Å². The maximum absolute atomic E-state index is 12.9. The summed E-state index contributed by atoms with van der Waals surface area (Å²) in [6.45, 7) is 5.01. The molecule has 0 fully saturated rings. The van der Waals surface area contributed by atoms with Crippen LogP contribution in [0.2, 0.25) is 0 Å². The molecule has 0 aliphatic carbocycles. The van der Waals surface area contributed by atoms with Crippen LogP contribution < -0.4 is 9.62 Å². The molecular weight excluding hydrogens is 400 g/mol. The Morgan fingerprint density at radius 1 is 1.00 bits per heavy atom. The van der Waals surface area contributed by atoms with Crippen molar-refractivity contribution >= 4 is 27.4 Å². The maximum atomic E-state index is 12.9. The molecule has 0 atom stereocenters. The van der Waals surface area contributed by atoms with E-state index in [4.69, 9.17) is 0 Å². The average molecular weight is 425 g/mol. The van der Waals surface area contributed by atoms with Crippen LogP contribution in [0.4, 0.5) is 11.4 Å². The summed E-state index contributed by atoms with van der Waals surface area (Å²) in [4.78, 5) is 13.6. The molecule has 0 heterocycles. The van der Waals surface area contributed by atoms with Crippen LogP contribution in [0.15, 0.2) is 77.7 Å². The molecule has 3 aromatic rings. The molecule has 0 bridgehead atoms. The lowest BCUT2D eigenvalue weighted by molar-refractivity contribution is 0.0697. The van der Waals surface area contributed by atoms with Gasteiger partial charge in [0.2, 0.25) is 0 Å². The van der Waals surface area contributed by atoms with E-state index in [1.807, 2.05) is 49.1 Å². The Balaban J connectivity index is 2.01. The normalized spacial score (nSPS) is 11.1. The fraction of sp³-hybridized carbons (Fsp3) is 0.174. The smallest absolute Gasteiger partial charge is 0.335 e. The summed E-state index contributed by atoms with van der Waals surface area (Å²) in [6, 6.07) is 20.8. The van der Waals surface area contributed by atoms with Crippen molar-refractivity contribution in [2.24, 2.45) is 0 Å². The summed E-state index contributed by atoms with van der Waals surface area (Å²) in [5.74, 6) is -1.12. The highest BCUT2D eigenvalue weighted by molar-refractivity contribution is 7.92. The van der Waals surface area contributed by atoms with Gasteiger partial charge < -0.3 is 10.0 Å². The molecule has 0 unspecified atom stereocenters. The number of hydrogen-bond acceptors (Lipinski definition) is 4. The van der Waals surface area contributed by atoms with Gasteiger partial charge in [-0.1, -0.05) is 48.0 Å². The number of carbonyl (C=O) groups is 1. The van der Waals surface area contributed by atoms with E-state index in [0.29, 0.717) is 18.8 Å². The van der Waals surface area contributed by atoms with E-state index in [0.717, 1.165) is 11.1 Å². The third-order valence-electron chi connectivity index (χ3n) is 4.76. The summed E-state index contributed by atoms with van der Waals surface area (Å²) in [5, 5.41) is 9.39. The minimum atomic E-state index is -3.88. The predicted octanol–water partition coefficient (Wildman–Crippen LogP) is 4.52. The fourth-order valence-electron chi connectivity index (χ4n) is 3.12. The van der Waals surface area contributed by atoms with Gasteiger partial charge in [0.05, 0.1) is 21.8 Å². The lowest BCUT2D eigenvalue weighted by Gasteiger charge is -2.26. The van der Waals surface area contributed by atoms with Crippen molar-refractivity contribution in [3.8, 4) is 0 Å². The maximum Gasteiger partial charge on any atom is 0.335 e. The van der Waals surface area contributed by atoms with Gasteiger partial charge in [-0.2, -0.15) is 0 Å². The third-order valence-corrected chi connectivity index (χ3v) is 6.14. The number of aryl methyl sites for hydroxylation is 1. The Labute approximate surface area is 176 Å². The van der Waals surface area contributed by atoms with Gasteiger partial charge in [-0.15, -0.1) is 0 Å². The Kier molecular flexibility index (Phi) is 6.42.